The van der Waals surface area contributed by atoms with Gasteiger partial charge >= 0.3 is 5.97 Å². The molecule has 0 saturated heterocycles. The number of hydrogen-bond acceptors (Lipinski definition) is 1. The Labute approximate surface area is 98.4 Å². The van der Waals surface area contributed by atoms with Crippen LogP contribution in [0.1, 0.15) is 64.2 Å². The van der Waals surface area contributed by atoms with Crippen LogP contribution in [0.4, 0.5) is 0 Å². The fourth-order valence-corrected chi connectivity index (χ4v) is 3.72. The lowest BCUT2D eigenvalue weighted by Crippen LogP contribution is -2.24. The van der Waals surface area contributed by atoms with Crippen molar-refractivity contribution in [1.29, 1.82) is 0 Å². The quantitative estimate of drug-likeness (QED) is 0.790. The molecule has 0 radical (unpaired) electrons. The predicted octanol–water partition coefficient (Wildman–Crippen LogP) is 3.85. The van der Waals surface area contributed by atoms with Gasteiger partial charge in [0.15, 0.2) is 0 Å². The molecule has 2 aliphatic carbocycles. The molecule has 0 amide bonds. The molecule has 16 heavy (non-hydrogen) atoms. The minimum absolute atomic E-state index is 0.400. The average molecular weight is 224 g/mol. The molecule has 0 aromatic heterocycles. The van der Waals surface area contributed by atoms with Crippen molar-refractivity contribution in [3.05, 3.63) is 0 Å². The van der Waals surface area contributed by atoms with Crippen molar-refractivity contribution in [2.75, 3.05) is 0 Å². The highest BCUT2D eigenvalue weighted by Gasteiger charge is 2.29. The molecule has 0 atom stereocenters. The van der Waals surface area contributed by atoms with E-state index in [4.69, 9.17) is 5.11 Å². The van der Waals surface area contributed by atoms with Crippen molar-refractivity contribution in [2.24, 2.45) is 17.8 Å². The van der Waals surface area contributed by atoms with Crippen LogP contribution < -0.4 is 0 Å². The minimum Gasteiger partial charge on any atom is -0.481 e. The molecule has 0 unspecified atom stereocenters. The molecule has 92 valence electrons. The maximum atomic E-state index is 10.7. The monoisotopic (exact) mass is 224 g/mol. The summed E-state index contributed by atoms with van der Waals surface area (Å²) >= 11 is 0. The van der Waals surface area contributed by atoms with Crippen LogP contribution in [0.2, 0.25) is 0 Å². The molecule has 0 heterocycles. The lowest BCUT2D eigenvalue weighted by Gasteiger charge is -2.35. The normalized spacial score (nSPS) is 32.5. The molecule has 0 aromatic rings. The first-order chi connectivity index (χ1) is 7.75. The SMILES string of the molecule is O=C(O)CC1CCC(C2CCCCC2)CC1. The van der Waals surface area contributed by atoms with Crippen molar-refractivity contribution < 1.29 is 9.90 Å². The maximum absolute atomic E-state index is 10.7. The Balaban J connectivity index is 1.73. The van der Waals surface area contributed by atoms with E-state index < -0.39 is 5.97 Å². The van der Waals surface area contributed by atoms with Crippen molar-refractivity contribution in [2.45, 2.75) is 64.2 Å². The second kappa shape index (κ2) is 5.70. The zero-order valence-electron chi connectivity index (χ0n) is 10.2. The van der Waals surface area contributed by atoms with E-state index in [0.29, 0.717) is 12.3 Å². The van der Waals surface area contributed by atoms with E-state index in [0.717, 1.165) is 24.7 Å². The molecule has 0 aromatic carbocycles. The van der Waals surface area contributed by atoms with Gasteiger partial charge in [0.2, 0.25) is 0 Å². The number of carbonyl (C=O) groups is 1. The van der Waals surface area contributed by atoms with Gasteiger partial charge in [-0.2, -0.15) is 0 Å². The fraction of sp³-hybridized carbons (Fsp3) is 0.929. The lowest BCUT2D eigenvalue weighted by molar-refractivity contribution is -0.138. The Morgan fingerprint density at radius 3 is 2.00 bits per heavy atom. The smallest absolute Gasteiger partial charge is 0.303 e. The van der Waals surface area contributed by atoms with Gasteiger partial charge in [-0.3, -0.25) is 4.79 Å². The Kier molecular flexibility index (Phi) is 4.25. The average Bonchev–Trinajstić information content (AvgIpc) is 2.30. The van der Waals surface area contributed by atoms with E-state index in [-0.39, 0.29) is 0 Å². The third-order valence-corrected chi connectivity index (χ3v) is 4.67. The first-order valence-corrected chi connectivity index (χ1v) is 6.97. The number of rotatable bonds is 3. The van der Waals surface area contributed by atoms with Crippen molar-refractivity contribution >= 4 is 5.97 Å². The van der Waals surface area contributed by atoms with Crippen LogP contribution in [0.25, 0.3) is 0 Å². The summed E-state index contributed by atoms with van der Waals surface area (Å²) < 4.78 is 0. The van der Waals surface area contributed by atoms with E-state index in [1.165, 1.54) is 44.9 Å². The van der Waals surface area contributed by atoms with E-state index in [1.54, 1.807) is 0 Å². The summed E-state index contributed by atoms with van der Waals surface area (Å²) in [6, 6.07) is 0. The number of aliphatic carboxylic acids is 1. The summed E-state index contributed by atoms with van der Waals surface area (Å²) in [4.78, 5) is 10.7. The Morgan fingerprint density at radius 2 is 1.44 bits per heavy atom. The third-order valence-electron chi connectivity index (χ3n) is 4.67. The van der Waals surface area contributed by atoms with E-state index in [2.05, 4.69) is 0 Å². The van der Waals surface area contributed by atoms with Gasteiger partial charge in [0.1, 0.15) is 0 Å². The number of carboxylic acids is 1. The van der Waals surface area contributed by atoms with Crippen LogP contribution in [0.5, 0.6) is 0 Å². The van der Waals surface area contributed by atoms with Gasteiger partial charge < -0.3 is 5.11 Å². The van der Waals surface area contributed by atoms with Crippen LogP contribution in [0.3, 0.4) is 0 Å². The summed E-state index contributed by atoms with van der Waals surface area (Å²) in [5.41, 5.74) is 0. The third kappa shape index (κ3) is 3.23. The number of carboxylic acid groups (broad SMARTS) is 1. The predicted molar refractivity (Wildman–Crippen MR) is 64.3 cm³/mol. The molecular weight excluding hydrogens is 200 g/mol. The van der Waals surface area contributed by atoms with Crippen LogP contribution >= 0.6 is 0 Å². The molecule has 0 spiro atoms. The van der Waals surface area contributed by atoms with Crippen LogP contribution in [0.15, 0.2) is 0 Å². The van der Waals surface area contributed by atoms with Gasteiger partial charge in [0.25, 0.3) is 0 Å². The van der Waals surface area contributed by atoms with E-state index >= 15 is 0 Å². The summed E-state index contributed by atoms with van der Waals surface area (Å²) in [5.74, 6) is 1.75. The molecule has 2 rings (SSSR count). The molecule has 2 aliphatic rings. The van der Waals surface area contributed by atoms with Gasteiger partial charge in [0, 0.05) is 6.42 Å². The molecule has 2 saturated carbocycles. The first kappa shape index (κ1) is 11.9. The summed E-state index contributed by atoms with van der Waals surface area (Å²) in [6.45, 7) is 0. The molecule has 0 bridgehead atoms. The van der Waals surface area contributed by atoms with Gasteiger partial charge in [-0.15, -0.1) is 0 Å². The Hall–Kier alpha value is -0.530. The van der Waals surface area contributed by atoms with Crippen molar-refractivity contribution in [3.63, 3.8) is 0 Å². The standard InChI is InChI=1S/C14H24O2/c15-14(16)10-11-6-8-13(9-7-11)12-4-2-1-3-5-12/h11-13H,1-10H2,(H,15,16). The zero-order chi connectivity index (χ0) is 11.4. The topological polar surface area (TPSA) is 37.3 Å². The largest absolute Gasteiger partial charge is 0.481 e. The highest BCUT2D eigenvalue weighted by atomic mass is 16.4. The highest BCUT2D eigenvalue weighted by molar-refractivity contribution is 5.67. The van der Waals surface area contributed by atoms with Crippen molar-refractivity contribution in [3.8, 4) is 0 Å². The Morgan fingerprint density at radius 1 is 0.875 bits per heavy atom. The lowest BCUT2D eigenvalue weighted by atomic mass is 9.70. The molecule has 2 nitrogen and oxygen atoms in total. The van der Waals surface area contributed by atoms with E-state index in [9.17, 15) is 4.79 Å². The highest BCUT2D eigenvalue weighted by Crippen LogP contribution is 2.40. The Bertz CT molecular complexity index is 223. The van der Waals surface area contributed by atoms with E-state index in [1.807, 2.05) is 0 Å². The summed E-state index contributed by atoms with van der Waals surface area (Å²) in [5, 5.41) is 8.78. The second-order valence-corrected chi connectivity index (χ2v) is 5.78. The number of hydrogen-bond donors (Lipinski definition) is 1. The second-order valence-electron chi connectivity index (χ2n) is 5.78. The molecule has 1 N–H and O–H groups in total. The van der Waals surface area contributed by atoms with Crippen LogP contribution in [-0.2, 0) is 4.79 Å². The first-order valence-electron chi connectivity index (χ1n) is 6.97. The van der Waals surface area contributed by atoms with Crippen LogP contribution in [0, 0.1) is 17.8 Å². The van der Waals surface area contributed by atoms with Gasteiger partial charge in [-0.25, -0.2) is 0 Å². The molecule has 2 fully saturated rings. The van der Waals surface area contributed by atoms with Gasteiger partial charge in [0.05, 0.1) is 0 Å². The van der Waals surface area contributed by atoms with Crippen LogP contribution in [-0.4, -0.2) is 11.1 Å². The van der Waals surface area contributed by atoms with Gasteiger partial charge in [-0.1, -0.05) is 32.1 Å². The minimum atomic E-state index is -0.610. The maximum Gasteiger partial charge on any atom is 0.303 e. The molecule has 0 aliphatic heterocycles. The molecular formula is C14H24O2. The zero-order valence-corrected chi connectivity index (χ0v) is 10.2. The van der Waals surface area contributed by atoms with Crippen molar-refractivity contribution in [1.82, 2.24) is 0 Å². The fourth-order valence-electron chi connectivity index (χ4n) is 3.72. The summed E-state index contributed by atoms with van der Waals surface area (Å²) in [6.07, 6.45) is 12.5. The molecule has 2 heteroatoms. The van der Waals surface area contributed by atoms with Gasteiger partial charge in [-0.05, 0) is 43.4 Å². The summed E-state index contributed by atoms with van der Waals surface area (Å²) in [7, 11) is 0.